The lowest BCUT2D eigenvalue weighted by atomic mass is 10.1. The first-order valence-corrected chi connectivity index (χ1v) is 7.03. The van der Waals surface area contributed by atoms with Gasteiger partial charge in [0.25, 0.3) is 0 Å². The molecule has 2 aromatic carbocycles. The zero-order chi connectivity index (χ0) is 15.5. The molecule has 0 unspecified atom stereocenters. The molecule has 2 aromatic rings. The van der Waals surface area contributed by atoms with Gasteiger partial charge in [-0.25, -0.2) is 0 Å². The van der Waals surface area contributed by atoms with Crippen molar-refractivity contribution in [2.24, 2.45) is 0 Å². The van der Waals surface area contributed by atoms with Gasteiger partial charge in [0, 0.05) is 19.2 Å². The fourth-order valence-corrected chi connectivity index (χ4v) is 2.35. The second kappa shape index (κ2) is 5.97. The second-order valence-corrected chi connectivity index (χ2v) is 5.24. The van der Waals surface area contributed by atoms with E-state index in [0.29, 0.717) is 18.0 Å². The molecule has 22 heavy (non-hydrogen) atoms. The van der Waals surface area contributed by atoms with E-state index in [1.54, 1.807) is 30.1 Å². The monoisotopic (exact) mass is 299 g/mol. The van der Waals surface area contributed by atoms with Crippen LogP contribution in [-0.4, -0.2) is 29.8 Å². The highest BCUT2D eigenvalue weighted by molar-refractivity contribution is 5.78. The SMILES string of the molecule is CN(Cc1ccccc1O)C(=O)Cc1ccc2c(c1)OCO2. The second-order valence-electron chi connectivity index (χ2n) is 5.24. The van der Waals surface area contributed by atoms with Gasteiger partial charge in [-0.1, -0.05) is 24.3 Å². The Bertz CT molecular complexity index is 699. The van der Waals surface area contributed by atoms with Crippen LogP contribution in [0.1, 0.15) is 11.1 Å². The normalized spacial score (nSPS) is 12.2. The van der Waals surface area contributed by atoms with Gasteiger partial charge in [0.1, 0.15) is 5.75 Å². The predicted molar refractivity (Wildman–Crippen MR) is 80.8 cm³/mol. The Morgan fingerprint density at radius 1 is 1.18 bits per heavy atom. The topological polar surface area (TPSA) is 59.0 Å². The smallest absolute Gasteiger partial charge is 0.231 e. The van der Waals surface area contributed by atoms with Gasteiger partial charge in [-0.05, 0) is 23.8 Å². The van der Waals surface area contributed by atoms with E-state index in [1.165, 1.54) is 0 Å². The molecule has 0 radical (unpaired) electrons. The first kappa shape index (κ1) is 14.3. The summed E-state index contributed by atoms with van der Waals surface area (Å²) in [5.41, 5.74) is 1.60. The first-order chi connectivity index (χ1) is 10.6. The Kier molecular flexibility index (Phi) is 3.87. The molecule has 3 rings (SSSR count). The van der Waals surface area contributed by atoms with Crippen LogP contribution in [0.25, 0.3) is 0 Å². The molecule has 0 aliphatic carbocycles. The fourth-order valence-electron chi connectivity index (χ4n) is 2.35. The maximum atomic E-state index is 12.3. The number of nitrogens with zero attached hydrogens (tertiary/aromatic N) is 1. The van der Waals surface area contributed by atoms with Gasteiger partial charge in [0.05, 0.1) is 6.42 Å². The molecule has 1 N–H and O–H groups in total. The van der Waals surface area contributed by atoms with E-state index in [2.05, 4.69) is 0 Å². The number of para-hydroxylation sites is 1. The van der Waals surface area contributed by atoms with Crippen LogP contribution in [0.15, 0.2) is 42.5 Å². The van der Waals surface area contributed by atoms with E-state index < -0.39 is 0 Å². The summed E-state index contributed by atoms with van der Waals surface area (Å²) in [6.45, 7) is 0.593. The number of hydrogen-bond donors (Lipinski definition) is 1. The molecule has 1 amide bonds. The maximum Gasteiger partial charge on any atom is 0.231 e. The number of rotatable bonds is 4. The first-order valence-electron chi connectivity index (χ1n) is 7.03. The third-order valence-corrected chi connectivity index (χ3v) is 3.62. The number of ether oxygens (including phenoxy) is 2. The molecule has 114 valence electrons. The van der Waals surface area contributed by atoms with Crippen molar-refractivity contribution in [3.63, 3.8) is 0 Å². The highest BCUT2D eigenvalue weighted by Crippen LogP contribution is 2.32. The summed E-state index contributed by atoms with van der Waals surface area (Å²) in [7, 11) is 1.72. The summed E-state index contributed by atoms with van der Waals surface area (Å²) in [6.07, 6.45) is 0.279. The highest BCUT2D eigenvalue weighted by atomic mass is 16.7. The van der Waals surface area contributed by atoms with Crippen molar-refractivity contribution in [3.05, 3.63) is 53.6 Å². The van der Waals surface area contributed by atoms with Crippen molar-refractivity contribution in [1.82, 2.24) is 4.90 Å². The number of fused-ring (bicyclic) bond motifs is 1. The molecule has 0 fully saturated rings. The zero-order valence-corrected chi connectivity index (χ0v) is 12.3. The molecule has 0 spiro atoms. The summed E-state index contributed by atoms with van der Waals surface area (Å²) in [4.78, 5) is 13.9. The summed E-state index contributed by atoms with van der Waals surface area (Å²) >= 11 is 0. The summed E-state index contributed by atoms with van der Waals surface area (Å²) in [5, 5.41) is 9.77. The van der Waals surface area contributed by atoms with Gasteiger partial charge in [0.15, 0.2) is 11.5 Å². The van der Waals surface area contributed by atoms with Gasteiger partial charge in [-0.15, -0.1) is 0 Å². The van der Waals surface area contributed by atoms with Crippen LogP contribution in [0.2, 0.25) is 0 Å². The minimum Gasteiger partial charge on any atom is -0.508 e. The molecule has 0 atom stereocenters. The number of carbonyl (C=O) groups excluding carboxylic acids is 1. The van der Waals surface area contributed by atoms with Crippen LogP contribution in [0, 0.1) is 0 Å². The standard InChI is InChI=1S/C17H17NO4/c1-18(10-13-4-2-3-5-14(13)19)17(20)9-12-6-7-15-16(8-12)22-11-21-15/h2-8,19H,9-11H2,1H3. The van der Waals surface area contributed by atoms with Crippen LogP contribution >= 0.6 is 0 Å². The molecular weight excluding hydrogens is 282 g/mol. The molecule has 1 aliphatic rings. The summed E-state index contributed by atoms with van der Waals surface area (Å²) in [6, 6.07) is 12.5. The number of phenolic OH excluding ortho intramolecular Hbond substituents is 1. The van der Waals surface area contributed by atoms with Crippen molar-refractivity contribution in [2.75, 3.05) is 13.8 Å². The predicted octanol–water partition coefficient (Wildman–Crippen LogP) is 2.32. The lowest BCUT2D eigenvalue weighted by molar-refractivity contribution is -0.129. The van der Waals surface area contributed by atoms with Crippen LogP contribution in [0.3, 0.4) is 0 Å². The highest BCUT2D eigenvalue weighted by Gasteiger charge is 2.16. The van der Waals surface area contributed by atoms with Crippen LogP contribution in [0.4, 0.5) is 0 Å². The number of aromatic hydroxyl groups is 1. The summed E-state index contributed by atoms with van der Waals surface area (Å²) in [5.74, 6) is 1.56. The minimum absolute atomic E-state index is 0.0258. The van der Waals surface area contributed by atoms with Gasteiger partial charge in [-0.3, -0.25) is 4.79 Å². The van der Waals surface area contributed by atoms with Crippen molar-refractivity contribution in [3.8, 4) is 17.2 Å². The zero-order valence-electron chi connectivity index (χ0n) is 12.3. The van der Waals surface area contributed by atoms with Crippen LogP contribution in [0.5, 0.6) is 17.2 Å². The number of phenols is 1. The Labute approximate surface area is 128 Å². The fraction of sp³-hybridized carbons (Fsp3) is 0.235. The van der Waals surface area contributed by atoms with Crippen molar-refractivity contribution >= 4 is 5.91 Å². The average molecular weight is 299 g/mol. The quantitative estimate of drug-likeness (QED) is 0.941. The number of benzene rings is 2. The van der Waals surface area contributed by atoms with E-state index in [-0.39, 0.29) is 24.9 Å². The third kappa shape index (κ3) is 2.98. The molecule has 5 heteroatoms. The minimum atomic E-state index is -0.0258. The van der Waals surface area contributed by atoms with Crippen molar-refractivity contribution < 1.29 is 19.4 Å². The van der Waals surface area contributed by atoms with E-state index in [4.69, 9.17) is 9.47 Å². The number of carbonyl (C=O) groups is 1. The maximum absolute atomic E-state index is 12.3. The third-order valence-electron chi connectivity index (χ3n) is 3.62. The molecule has 0 bridgehead atoms. The molecule has 1 heterocycles. The number of hydrogen-bond acceptors (Lipinski definition) is 4. The lowest BCUT2D eigenvalue weighted by Gasteiger charge is -2.18. The molecule has 0 saturated heterocycles. The van der Waals surface area contributed by atoms with Crippen molar-refractivity contribution in [1.29, 1.82) is 0 Å². The van der Waals surface area contributed by atoms with E-state index in [1.807, 2.05) is 24.3 Å². The van der Waals surface area contributed by atoms with E-state index in [0.717, 1.165) is 11.1 Å². The van der Waals surface area contributed by atoms with E-state index >= 15 is 0 Å². The molecule has 5 nitrogen and oxygen atoms in total. The lowest BCUT2D eigenvalue weighted by Crippen LogP contribution is -2.27. The van der Waals surface area contributed by atoms with Crippen LogP contribution in [-0.2, 0) is 17.8 Å². The van der Waals surface area contributed by atoms with E-state index in [9.17, 15) is 9.90 Å². The number of likely N-dealkylation sites (N-methyl/N-ethyl adjacent to an activating group) is 1. The molecular formula is C17H17NO4. The van der Waals surface area contributed by atoms with Gasteiger partial charge >= 0.3 is 0 Å². The Morgan fingerprint density at radius 3 is 2.77 bits per heavy atom. The molecule has 1 aliphatic heterocycles. The van der Waals surface area contributed by atoms with Gasteiger partial charge in [-0.2, -0.15) is 0 Å². The summed E-state index contributed by atoms with van der Waals surface area (Å²) < 4.78 is 10.6. The number of amides is 1. The van der Waals surface area contributed by atoms with Gasteiger partial charge < -0.3 is 19.5 Å². The van der Waals surface area contributed by atoms with Crippen molar-refractivity contribution in [2.45, 2.75) is 13.0 Å². The largest absolute Gasteiger partial charge is 0.508 e. The average Bonchev–Trinajstić information content (AvgIpc) is 2.97. The Morgan fingerprint density at radius 2 is 1.95 bits per heavy atom. The molecule has 0 aromatic heterocycles. The van der Waals surface area contributed by atoms with Crippen LogP contribution < -0.4 is 9.47 Å². The molecule has 0 saturated carbocycles. The Hall–Kier alpha value is -2.69. The Balaban J connectivity index is 1.65. The van der Waals surface area contributed by atoms with Gasteiger partial charge in [0.2, 0.25) is 12.7 Å².